The van der Waals surface area contributed by atoms with Crippen molar-refractivity contribution >= 4 is 50.6 Å². The number of sulfonamides is 1. The van der Waals surface area contributed by atoms with E-state index in [1.165, 1.54) is 58.2 Å². The molecule has 0 unspecified atom stereocenters. The average molecular weight is 935 g/mol. The standard InChI is InChI=1S/C46H49F3N6O10S/c1-8-29-24-45(29,42(59)52-66(62,63)32-17-13-10-14-18-32)51-39(56)36-22-31(65-38-23-34(28-15-11-9-12-16-28)50-35-21-30(64-7)19-20-33(35)38)25-54(36)41(58)37(55(43(60)61)44(3,4)5)26-53(6)40(57)27(2)46(47,48)49/h8-21,23,29,31,36-37H,1-2,22,24-26H2,3-7H3,(H,51,56)(H,52,59)(H,60,61)/t29-,31-,36+,37+,45-/m1/s1. The van der Waals surface area contributed by atoms with Crippen LogP contribution in [0.15, 0.2) is 115 Å². The van der Waals surface area contributed by atoms with Crippen LogP contribution in [0.2, 0.25) is 0 Å². The molecule has 1 aromatic heterocycles. The molecule has 1 aliphatic carbocycles. The van der Waals surface area contributed by atoms with Crippen LogP contribution in [-0.4, -0.2) is 126 Å². The molecule has 4 aromatic rings. The number of rotatable bonds is 15. The van der Waals surface area contributed by atoms with Gasteiger partial charge in [-0.1, -0.05) is 61.2 Å². The fourth-order valence-electron chi connectivity index (χ4n) is 7.96. The van der Waals surface area contributed by atoms with Gasteiger partial charge in [0.25, 0.3) is 21.8 Å². The number of carbonyl (C=O) groups excluding carboxylic acids is 4. The van der Waals surface area contributed by atoms with E-state index in [0.29, 0.717) is 32.1 Å². The number of likely N-dealkylation sites (tertiary alicyclic amines) is 1. The highest BCUT2D eigenvalue weighted by Crippen LogP contribution is 2.45. The first-order valence-corrected chi connectivity index (χ1v) is 22.0. The lowest BCUT2D eigenvalue weighted by Crippen LogP contribution is -2.63. The van der Waals surface area contributed by atoms with Crippen LogP contribution in [0.3, 0.4) is 0 Å². The molecule has 350 valence electrons. The number of hydrogen-bond acceptors (Lipinski definition) is 10. The highest BCUT2D eigenvalue weighted by Gasteiger charge is 2.62. The Kier molecular flexibility index (Phi) is 13.6. The quantitative estimate of drug-likeness (QED) is 0.0996. The summed E-state index contributed by atoms with van der Waals surface area (Å²) in [5, 5.41) is 13.7. The molecule has 2 heterocycles. The van der Waals surface area contributed by atoms with E-state index in [9.17, 15) is 45.9 Å². The van der Waals surface area contributed by atoms with Gasteiger partial charge in [-0.05, 0) is 51.5 Å². The number of likely N-dealkylation sites (N-methyl/N-ethyl adjacent to an activating group) is 1. The van der Waals surface area contributed by atoms with E-state index in [1.807, 2.05) is 35.1 Å². The van der Waals surface area contributed by atoms with Gasteiger partial charge in [0, 0.05) is 48.0 Å². The van der Waals surface area contributed by atoms with Crippen LogP contribution >= 0.6 is 0 Å². The Hall–Kier alpha value is -6.96. The van der Waals surface area contributed by atoms with Gasteiger partial charge in [-0.3, -0.25) is 24.1 Å². The number of carboxylic acid groups (broad SMARTS) is 1. The van der Waals surface area contributed by atoms with Gasteiger partial charge < -0.3 is 29.7 Å². The lowest BCUT2D eigenvalue weighted by atomic mass is 10.0. The molecule has 5 atom stereocenters. The third-order valence-corrected chi connectivity index (χ3v) is 12.8. The third kappa shape index (κ3) is 10.1. The SMILES string of the molecule is C=C[C@@H]1C[C@]1(NC(=O)[C@@H]1C[C@@H](Oc2cc(-c3ccccc3)nc3cc(OC)ccc23)CN1C(=O)[C@H](CN(C)C(=O)C(=C)C(F)(F)F)N(C(=O)O)C(C)(C)C)C(=O)NS(=O)(=O)c1ccccc1. The van der Waals surface area contributed by atoms with Crippen molar-refractivity contribution in [3.63, 3.8) is 0 Å². The van der Waals surface area contributed by atoms with Gasteiger partial charge >= 0.3 is 12.3 Å². The molecule has 0 spiro atoms. The summed E-state index contributed by atoms with van der Waals surface area (Å²) in [5.41, 5.74) is -3.36. The van der Waals surface area contributed by atoms with E-state index in [2.05, 4.69) is 18.5 Å². The number of aromatic nitrogens is 1. The van der Waals surface area contributed by atoms with E-state index in [1.54, 1.807) is 30.3 Å². The topological polar surface area (TPSA) is 205 Å². The Balaban J connectivity index is 1.41. The average Bonchev–Trinajstić information content (AvgIpc) is 3.83. The normalized spacial score (nSPS) is 19.8. The van der Waals surface area contributed by atoms with Crippen molar-refractivity contribution in [2.75, 3.05) is 27.2 Å². The molecular formula is C46H49F3N6O10S. The van der Waals surface area contributed by atoms with Gasteiger partial charge in [0.1, 0.15) is 40.8 Å². The molecule has 0 radical (unpaired) electrons. The number of nitrogens with one attached hydrogen (secondary N) is 2. The number of nitrogens with zero attached hydrogens (tertiary/aromatic N) is 4. The van der Waals surface area contributed by atoms with Gasteiger partial charge in [0.05, 0.1) is 36.3 Å². The summed E-state index contributed by atoms with van der Waals surface area (Å²) < 4.78 is 81.6. The maximum atomic E-state index is 15.1. The Morgan fingerprint density at radius 3 is 2.21 bits per heavy atom. The minimum absolute atomic E-state index is 0.0802. The Morgan fingerprint density at radius 2 is 1.65 bits per heavy atom. The van der Waals surface area contributed by atoms with Crippen molar-refractivity contribution in [3.8, 4) is 22.8 Å². The molecule has 1 saturated carbocycles. The van der Waals surface area contributed by atoms with E-state index >= 15 is 4.79 Å². The van der Waals surface area contributed by atoms with Crippen molar-refractivity contribution in [2.24, 2.45) is 5.92 Å². The molecular weight excluding hydrogens is 886 g/mol. The van der Waals surface area contributed by atoms with Crippen LogP contribution in [0.25, 0.3) is 22.2 Å². The highest BCUT2D eigenvalue weighted by molar-refractivity contribution is 7.90. The number of methoxy groups -OCH3 is 1. The van der Waals surface area contributed by atoms with Crippen molar-refractivity contribution < 1.29 is 60.1 Å². The van der Waals surface area contributed by atoms with Crippen LogP contribution in [-0.2, 0) is 29.2 Å². The predicted octanol–water partition coefficient (Wildman–Crippen LogP) is 5.55. The maximum Gasteiger partial charge on any atom is 0.421 e. The summed E-state index contributed by atoms with van der Waals surface area (Å²) in [6, 6.07) is 19.4. The van der Waals surface area contributed by atoms with Gasteiger partial charge in [0.2, 0.25) is 11.8 Å². The van der Waals surface area contributed by atoms with Crippen molar-refractivity contribution in [2.45, 2.75) is 74.0 Å². The predicted molar refractivity (Wildman–Crippen MR) is 235 cm³/mol. The molecule has 16 nitrogen and oxygen atoms in total. The largest absolute Gasteiger partial charge is 0.497 e. The molecule has 6 rings (SSSR count). The molecule has 1 aliphatic heterocycles. The number of carbonyl (C=O) groups is 5. The summed E-state index contributed by atoms with van der Waals surface area (Å²) >= 11 is 0. The summed E-state index contributed by atoms with van der Waals surface area (Å²) in [7, 11) is -1.99. The smallest absolute Gasteiger partial charge is 0.421 e. The maximum absolute atomic E-state index is 15.1. The Labute approximate surface area is 379 Å². The molecule has 2 aliphatic rings. The van der Waals surface area contributed by atoms with E-state index < -0.39 is 99.8 Å². The number of halogens is 3. The lowest BCUT2D eigenvalue weighted by molar-refractivity contribution is -0.147. The van der Waals surface area contributed by atoms with Gasteiger partial charge in [-0.25, -0.2) is 22.9 Å². The van der Waals surface area contributed by atoms with Crippen LogP contribution in [0.4, 0.5) is 18.0 Å². The summed E-state index contributed by atoms with van der Waals surface area (Å²) in [4.78, 5) is 76.5. The molecule has 0 bridgehead atoms. The van der Waals surface area contributed by atoms with Gasteiger partial charge in [-0.2, -0.15) is 13.2 Å². The molecule has 66 heavy (non-hydrogen) atoms. The summed E-state index contributed by atoms with van der Waals surface area (Å²) in [6.45, 7) is 9.55. The lowest BCUT2D eigenvalue weighted by Gasteiger charge is -2.42. The van der Waals surface area contributed by atoms with Crippen molar-refractivity contribution in [3.05, 3.63) is 110 Å². The highest BCUT2D eigenvalue weighted by atomic mass is 32.2. The number of amides is 5. The van der Waals surface area contributed by atoms with Crippen LogP contribution in [0.1, 0.15) is 33.6 Å². The second kappa shape index (κ2) is 18.5. The number of alkyl halides is 3. The zero-order chi connectivity index (χ0) is 48.5. The third-order valence-electron chi connectivity index (χ3n) is 11.4. The van der Waals surface area contributed by atoms with Gasteiger partial charge in [-0.15, -0.1) is 6.58 Å². The zero-order valence-electron chi connectivity index (χ0n) is 36.7. The molecule has 2 fully saturated rings. The minimum atomic E-state index is -5.15. The van der Waals surface area contributed by atoms with Crippen molar-refractivity contribution in [1.29, 1.82) is 0 Å². The fraction of sp³-hybridized carbons (Fsp3) is 0.348. The van der Waals surface area contributed by atoms with Crippen molar-refractivity contribution in [1.82, 2.24) is 29.7 Å². The summed E-state index contributed by atoms with van der Waals surface area (Å²) in [6.07, 6.45) is -6.87. The zero-order valence-corrected chi connectivity index (χ0v) is 37.5. The van der Waals surface area contributed by atoms with E-state index in [-0.39, 0.29) is 23.5 Å². The number of fused-ring (bicyclic) bond motifs is 1. The Morgan fingerprint density at radius 1 is 1.02 bits per heavy atom. The second-order valence-electron chi connectivity index (χ2n) is 17.0. The van der Waals surface area contributed by atoms with Gasteiger partial charge in [0.15, 0.2) is 0 Å². The molecule has 3 N–H and O–H groups in total. The second-order valence-corrected chi connectivity index (χ2v) is 18.7. The van der Waals surface area contributed by atoms with E-state index in [0.717, 1.165) is 17.5 Å². The first kappa shape index (κ1) is 48.5. The number of ether oxygens (including phenoxy) is 2. The first-order chi connectivity index (χ1) is 30.9. The molecule has 20 heteroatoms. The van der Waals surface area contributed by atoms with Crippen LogP contribution < -0.4 is 19.5 Å². The number of benzene rings is 3. The number of hydrogen-bond donors (Lipinski definition) is 3. The van der Waals surface area contributed by atoms with Crippen LogP contribution in [0, 0.1) is 5.92 Å². The number of pyridine rings is 1. The monoisotopic (exact) mass is 934 g/mol. The Bertz CT molecular complexity index is 2680. The first-order valence-electron chi connectivity index (χ1n) is 20.5. The minimum Gasteiger partial charge on any atom is -0.497 e. The molecule has 3 aromatic carbocycles. The summed E-state index contributed by atoms with van der Waals surface area (Å²) in [5.74, 6) is -4.78. The molecule has 1 saturated heterocycles. The van der Waals surface area contributed by atoms with Crippen LogP contribution in [0.5, 0.6) is 11.5 Å². The van der Waals surface area contributed by atoms with E-state index in [4.69, 9.17) is 14.5 Å². The molecule has 5 amide bonds. The fourth-order valence-corrected chi connectivity index (χ4v) is 9.02.